The third-order valence-corrected chi connectivity index (χ3v) is 5.70. The number of hydrogen-bond donors (Lipinski definition) is 4. The highest BCUT2D eigenvalue weighted by atomic mass is 16.4. The molecular formula is C24H48N2O4. The highest BCUT2D eigenvalue weighted by molar-refractivity contribution is 5.73. The molecule has 0 unspecified atom stereocenters. The fourth-order valence-corrected chi connectivity index (χ4v) is 3.78. The van der Waals surface area contributed by atoms with Gasteiger partial charge in [0.25, 0.3) is 0 Å². The van der Waals surface area contributed by atoms with Gasteiger partial charge in [-0.25, -0.2) is 0 Å². The Balaban J connectivity index is 3.25. The molecule has 6 heteroatoms. The van der Waals surface area contributed by atoms with E-state index in [0.717, 1.165) is 38.6 Å². The summed E-state index contributed by atoms with van der Waals surface area (Å²) in [6, 6.07) is -0.423. The van der Waals surface area contributed by atoms with Gasteiger partial charge in [-0.1, -0.05) is 89.9 Å². The number of carboxylic acid groups (broad SMARTS) is 2. The van der Waals surface area contributed by atoms with E-state index >= 15 is 0 Å². The lowest BCUT2D eigenvalue weighted by molar-refractivity contribution is -0.140. The fraction of sp³-hybridized carbons (Fsp3) is 0.917. The van der Waals surface area contributed by atoms with Gasteiger partial charge < -0.3 is 21.3 Å². The third-order valence-electron chi connectivity index (χ3n) is 5.70. The van der Waals surface area contributed by atoms with Crippen LogP contribution in [-0.4, -0.2) is 41.3 Å². The lowest BCUT2D eigenvalue weighted by Gasteiger charge is -2.14. The van der Waals surface area contributed by atoms with Crippen LogP contribution >= 0.6 is 0 Å². The minimum Gasteiger partial charge on any atom is -0.481 e. The second-order valence-corrected chi connectivity index (χ2v) is 8.58. The first-order valence-corrected chi connectivity index (χ1v) is 12.5. The summed E-state index contributed by atoms with van der Waals surface area (Å²) in [5.41, 5.74) is 5.46. The van der Waals surface area contributed by atoms with Crippen molar-refractivity contribution >= 4 is 11.9 Å². The van der Waals surface area contributed by atoms with E-state index in [4.69, 9.17) is 10.8 Å². The molecule has 0 saturated carbocycles. The lowest BCUT2D eigenvalue weighted by Crippen LogP contribution is -2.37. The Morgan fingerprint density at radius 2 is 1.07 bits per heavy atom. The molecule has 1 atom stereocenters. The van der Waals surface area contributed by atoms with Gasteiger partial charge in [0.05, 0.1) is 0 Å². The zero-order valence-electron chi connectivity index (χ0n) is 19.2. The summed E-state index contributed by atoms with van der Waals surface area (Å²) in [6.07, 6.45) is 21.0. The van der Waals surface area contributed by atoms with Gasteiger partial charge >= 0.3 is 11.9 Å². The molecule has 0 bridgehead atoms. The summed E-state index contributed by atoms with van der Waals surface area (Å²) in [6.45, 7) is 1.42. The van der Waals surface area contributed by atoms with E-state index in [0.29, 0.717) is 19.4 Å². The molecule has 0 aliphatic heterocycles. The van der Waals surface area contributed by atoms with Crippen molar-refractivity contribution < 1.29 is 19.8 Å². The average Bonchev–Trinajstić information content (AvgIpc) is 2.71. The van der Waals surface area contributed by atoms with E-state index in [1.54, 1.807) is 0 Å². The Hall–Kier alpha value is -1.14. The van der Waals surface area contributed by atoms with Gasteiger partial charge in [-0.3, -0.25) is 9.59 Å². The Morgan fingerprint density at radius 3 is 1.47 bits per heavy atom. The molecule has 6 nitrogen and oxygen atoms in total. The topological polar surface area (TPSA) is 113 Å². The Bertz CT molecular complexity index is 405. The summed E-state index contributed by atoms with van der Waals surface area (Å²) < 4.78 is 0. The number of nitrogens with one attached hydrogen (secondary N) is 1. The maximum Gasteiger partial charge on any atom is 0.320 e. The van der Waals surface area contributed by atoms with Crippen LogP contribution in [0, 0.1) is 0 Å². The zero-order valence-corrected chi connectivity index (χ0v) is 19.2. The van der Waals surface area contributed by atoms with Gasteiger partial charge in [0, 0.05) is 6.42 Å². The van der Waals surface area contributed by atoms with Gasteiger partial charge in [0.1, 0.15) is 6.04 Å². The minimum absolute atomic E-state index is 0.317. The largest absolute Gasteiger partial charge is 0.481 e. The monoisotopic (exact) mass is 428 g/mol. The Kier molecular flexibility index (Phi) is 21.7. The number of carboxylic acids is 2. The van der Waals surface area contributed by atoms with E-state index < -0.39 is 18.0 Å². The first kappa shape index (κ1) is 28.9. The summed E-state index contributed by atoms with van der Waals surface area (Å²) in [5, 5.41) is 21.0. The van der Waals surface area contributed by atoms with Crippen LogP contribution in [0.5, 0.6) is 0 Å². The highest BCUT2D eigenvalue weighted by Gasteiger charge is 2.15. The number of hydrogen-bond acceptors (Lipinski definition) is 4. The molecule has 0 saturated heterocycles. The van der Waals surface area contributed by atoms with Gasteiger partial charge in [0.15, 0.2) is 0 Å². The molecule has 30 heavy (non-hydrogen) atoms. The SMILES string of the molecule is NCCCC[C@H](NCCCCCCCCCCCCCCCCCC(=O)O)C(=O)O. The van der Waals surface area contributed by atoms with Crippen LogP contribution in [0.15, 0.2) is 0 Å². The molecule has 0 radical (unpaired) electrons. The van der Waals surface area contributed by atoms with Gasteiger partial charge in [-0.15, -0.1) is 0 Å². The molecule has 0 aromatic rings. The summed E-state index contributed by atoms with van der Waals surface area (Å²) in [4.78, 5) is 21.6. The maximum atomic E-state index is 11.2. The molecule has 0 rings (SSSR count). The number of carbonyl (C=O) groups is 2. The molecule has 0 aliphatic carbocycles. The molecule has 178 valence electrons. The van der Waals surface area contributed by atoms with Crippen molar-refractivity contribution in [3.05, 3.63) is 0 Å². The highest BCUT2D eigenvalue weighted by Crippen LogP contribution is 2.13. The maximum absolute atomic E-state index is 11.2. The molecule has 0 heterocycles. The lowest BCUT2D eigenvalue weighted by atomic mass is 10.0. The van der Waals surface area contributed by atoms with Crippen molar-refractivity contribution in [1.82, 2.24) is 5.32 Å². The van der Waals surface area contributed by atoms with Crippen molar-refractivity contribution in [2.75, 3.05) is 13.1 Å². The van der Waals surface area contributed by atoms with E-state index in [2.05, 4.69) is 5.32 Å². The second kappa shape index (κ2) is 22.5. The van der Waals surface area contributed by atoms with Crippen LogP contribution in [0.3, 0.4) is 0 Å². The normalized spacial score (nSPS) is 12.2. The van der Waals surface area contributed by atoms with Crippen molar-refractivity contribution in [2.45, 2.75) is 128 Å². The summed E-state index contributed by atoms with van der Waals surface area (Å²) >= 11 is 0. The van der Waals surface area contributed by atoms with Crippen LogP contribution in [0.4, 0.5) is 0 Å². The second-order valence-electron chi connectivity index (χ2n) is 8.58. The Morgan fingerprint density at radius 1 is 0.633 bits per heavy atom. The van der Waals surface area contributed by atoms with Crippen LogP contribution in [0.2, 0.25) is 0 Å². The molecule has 0 aliphatic rings. The molecule has 5 N–H and O–H groups in total. The van der Waals surface area contributed by atoms with E-state index in [-0.39, 0.29) is 0 Å². The number of nitrogens with two attached hydrogens (primary N) is 1. The van der Waals surface area contributed by atoms with Crippen molar-refractivity contribution in [3.8, 4) is 0 Å². The van der Waals surface area contributed by atoms with Crippen LogP contribution < -0.4 is 11.1 Å². The predicted molar refractivity (Wildman–Crippen MR) is 124 cm³/mol. The number of aliphatic carboxylic acids is 2. The Labute approximate surface area is 184 Å². The molecule has 0 aromatic heterocycles. The van der Waals surface area contributed by atoms with E-state index in [1.807, 2.05) is 0 Å². The van der Waals surface area contributed by atoms with E-state index in [1.165, 1.54) is 77.0 Å². The molecule has 0 fully saturated rings. The van der Waals surface area contributed by atoms with Crippen molar-refractivity contribution in [1.29, 1.82) is 0 Å². The fourth-order valence-electron chi connectivity index (χ4n) is 3.78. The average molecular weight is 429 g/mol. The van der Waals surface area contributed by atoms with Crippen molar-refractivity contribution in [3.63, 3.8) is 0 Å². The molecule has 0 amide bonds. The molecule has 0 spiro atoms. The first-order valence-electron chi connectivity index (χ1n) is 12.5. The quantitative estimate of drug-likeness (QED) is 0.151. The minimum atomic E-state index is -0.747. The van der Waals surface area contributed by atoms with Gasteiger partial charge in [-0.2, -0.15) is 0 Å². The van der Waals surface area contributed by atoms with Crippen molar-refractivity contribution in [2.24, 2.45) is 5.73 Å². The molecular weight excluding hydrogens is 380 g/mol. The van der Waals surface area contributed by atoms with Crippen LogP contribution in [0.25, 0.3) is 0 Å². The number of rotatable bonds is 24. The standard InChI is InChI=1S/C24H48N2O4/c25-20-16-15-18-22(24(29)30)26-21-17-13-11-9-7-5-3-1-2-4-6-8-10-12-14-19-23(27)28/h22,26H,1-21,25H2,(H,27,28)(H,29,30)/t22-/m0/s1. The number of unbranched alkanes of at least 4 members (excludes halogenated alkanes) is 15. The summed E-state index contributed by atoms with van der Waals surface area (Å²) in [7, 11) is 0. The van der Waals surface area contributed by atoms with Gasteiger partial charge in [-0.05, 0) is 38.8 Å². The van der Waals surface area contributed by atoms with Gasteiger partial charge in [0.2, 0.25) is 0 Å². The van der Waals surface area contributed by atoms with E-state index in [9.17, 15) is 14.7 Å². The smallest absolute Gasteiger partial charge is 0.320 e. The summed E-state index contributed by atoms with van der Waals surface area (Å²) in [5.74, 6) is -1.42. The first-order chi connectivity index (χ1) is 14.6. The molecule has 0 aromatic carbocycles. The predicted octanol–water partition coefficient (Wildman–Crippen LogP) is 5.48. The van der Waals surface area contributed by atoms with Crippen LogP contribution in [0.1, 0.15) is 122 Å². The van der Waals surface area contributed by atoms with Crippen LogP contribution in [-0.2, 0) is 9.59 Å². The third kappa shape index (κ3) is 21.6. The zero-order chi connectivity index (χ0) is 22.3.